The van der Waals surface area contributed by atoms with Crippen LogP contribution in [0.15, 0.2) is 24.4 Å². The Morgan fingerprint density at radius 1 is 1.33 bits per heavy atom. The molecule has 3 N–H and O–H groups in total. The summed E-state index contributed by atoms with van der Waals surface area (Å²) in [5.41, 5.74) is 6.67. The second-order valence-corrected chi connectivity index (χ2v) is 3.89. The first kappa shape index (κ1) is 12.5. The fourth-order valence-electron chi connectivity index (χ4n) is 1.70. The first-order valence-electron chi connectivity index (χ1n) is 5.52. The molecule has 1 aromatic carbocycles. The summed E-state index contributed by atoms with van der Waals surface area (Å²) in [4.78, 5) is 0. The molecule has 0 amide bonds. The minimum atomic E-state index is -0.724. The zero-order valence-electron chi connectivity index (χ0n) is 9.61. The van der Waals surface area contributed by atoms with E-state index in [9.17, 15) is 8.78 Å². The van der Waals surface area contributed by atoms with Crippen molar-refractivity contribution in [3.8, 4) is 5.69 Å². The zero-order chi connectivity index (χ0) is 13.1. The van der Waals surface area contributed by atoms with Gasteiger partial charge in [0.05, 0.1) is 6.20 Å². The molecule has 0 aliphatic heterocycles. The third-order valence-corrected chi connectivity index (χ3v) is 2.63. The van der Waals surface area contributed by atoms with Crippen molar-refractivity contribution in [2.75, 3.05) is 12.3 Å². The van der Waals surface area contributed by atoms with Crippen molar-refractivity contribution in [3.63, 3.8) is 0 Å². The SMILES string of the molecule is Nc1c(CCCO)cnn1-c1ccc(F)cc1F. The largest absolute Gasteiger partial charge is 0.396 e. The number of hydrogen-bond donors (Lipinski definition) is 2. The van der Waals surface area contributed by atoms with Gasteiger partial charge in [-0.15, -0.1) is 0 Å². The lowest BCUT2D eigenvalue weighted by atomic mass is 10.2. The van der Waals surface area contributed by atoms with Crippen molar-refractivity contribution in [2.45, 2.75) is 12.8 Å². The number of nitrogen functional groups attached to an aromatic ring is 1. The molecule has 1 aromatic heterocycles. The van der Waals surface area contributed by atoms with E-state index in [4.69, 9.17) is 10.8 Å². The Morgan fingerprint density at radius 3 is 2.78 bits per heavy atom. The molecule has 0 saturated carbocycles. The number of aromatic nitrogens is 2. The predicted molar refractivity (Wildman–Crippen MR) is 63.3 cm³/mol. The Labute approximate surface area is 103 Å². The molecule has 2 aromatic rings. The van der Waals surface area contributed by atoms with Crippen LogP contribution in [-0.4, -0.2) is 21.5 Å². The van der Waals surface area contributed by atoms with Crippen LogP contribution in [0, 0.1) is 11.6 Å². The average Bonchev–Trinajstić information content (AvgIpc) is 2.68. The van der Waals surface area contributed by atoms with Gasteiger partial charge in [0.15, 0.2) is 5.82 Å². The first-order valence-corrected chi connectivity index (χ1v) is 5.52. The zero-order valence-corrected chi connectivity index (χ0v) is 9.61. The third-order valence-electron chi connectivity index (χ3n) is 2.63. The van der Waals surface area contributed by atoms with Crippen LogP contribution in [0.25, 0.3) is 5.69 Å². The van der Waals surface area contributed by atoms with Crippen LogP contribution in [-0.2, 0) is 6.42 Å². The average molecular weight is 253 g/mol. The maximum absolute atomic E-state index is 13.6. The number of aryl methyl sites for hydroxylation is 1. The maximum atomic E-state index is 13.6. The maximum Gasteiger partial charge on any atom is 0.151 e. The van der Waals surface area contributed by atoms with Gasteiger partial charge in [-0.25, -0.2) is 13.5 Å². The Bertz CT molecular complexity index is 554. The topological polar surface area (TPSA) is 64.1 Å². The van der Waals surface area contributed by atoms with Crippen molar-refractivity contribution in [1.29, 1.82) is 0 Å². The van der Waals surface area contributed by atoms with E-state index < -0.39 is 11.6 Å². The van der Waals surface area contributed by atoms with E-state index in [2.05, 4.69) is 5.10 Å². The van der Waals surface area contributed by atoms with E-state index >= 15 is 0 Å². The number of halogens is 2. The number of benzene rings is 1. The van der Waals surface area contributed by atoms with Crippen molar-refractivity contribution in [1.82, 2.24) is 9.78 Å². The van der Waals surface area contributed by atoms with Crippen LogP contribution in [0.4, 0.5) is 14.6 Å². The summed E-state index contributed by atoms with van der Waals surface area (Å²) in [6.07, 6.45) is 2.64. The Morgan fingerprint density at radius 2 is 2.11 bits per heavy atom. The highest BCUT2D eigenvalue weighted by Gasteiger charge is 2.12. The highest BCUT2D eigenvalue weighted by Crippen LogP contribution is 2.21. The van der Waals surface area contributed by atoms with Gasteiger partial charge in [0, 0.05) is 18.2 Å². The number of aliphatic hydroxyl groups excluding tert-OH is 1. The van der Waals surface area contributed by atoms with Gasteiger partial charge < -0.3 is 10.8 Å². The van der Waals surface area contributed by atoms with E-state index in [1.54, 1.807) is 0 Å². The van der Waals surface area contributed by atoms with E-state index in [-0.39, 0.29) is 12.3 Å². The van der Waals surface area contributed by atoms with Gasteiger partial charge >= 0.3 is 0 Å². The Hall–Kier alpha value is -1.95. The van der Waals surface area contributed by atoms with E-state index in [0.29, 0.717) is 18.7 Å². The smallest absolute Gasteiger partial charge is 0.151 e. The summed E-state index contributed by atoms with van der Waals surface area (Å²) >= 11 is 0. The van der Waals surface area contributed by atoms with Gasteiger partial charge in [-0.05, 0) is 25.0 Å². The summed E-state index contributed by atoms with van der Waals surface area (Å²) < 4.78 is 27.6. The number of rotatable bonds is 4. The van der Waals surface area contributed by atoms with Gasteiger partial charge in [0.1, 0.15) is 17.3 Å². The quantitative estimate of drug-likeness (QED) is 0.871. The van der Waals surface area contributed by atoms with Crippen LogP contribution >= 0.6 is 0 Å². The molecule has 18 heavy (non-hydrogen) atoms. The lowest BCUT2D eigenvalue weighted by Gasteiger charge is -2.06. The molecule has 0 fully saturated rings. The molecule has 2 rings (SSSR count). The van der Waals surface area contributed by atoms with Crippen molar-refractivity contribution >= 4 is 5.82 Å². The summed E-state index contributed by atoms with van der Waals surface area (Å²) in [7, 11) is 0. The van der Waals surface area contributed by atoms with Crippen molar-refractivity contribution in [3.05, 3.63) is 41.6 Å². The third kappa shape index (κ3) is 2.33. The molecule has 0 saturated heterocycles. The molecular weight excluding hydrogens is 240 g/mol. The van der Waals surface area contributed by atoms with Crippen molar-refractivity contribution in [2.24, 2.45) is 0 Å². The number of hydrogen-bond acceptors (Lipinski definition) is 3. The van der Waals surface area contributed by atoms with Gasteiger partial charge in [0.2, 0.25) is 0 Å². The van der Waals surface area contributed by atoms with Crippen LogP contribution in [0.5, 0.6) is 0 Å². The number of aliphatic hydroxyl groups is 1. The molecule has 0 bridgehead atoms. The molecule has 0 aliphatic rings. The van der Waals surface area contributed by atoms with Gasteiger partial charge in [-0.2, -0.15) is 5.10 Å². The summed E-state index contributed by atoms with van der Waals surface area (Å²) in [5.74, 6) is -1.07. The highest BCUT2D eigenvalue weighted by molar-refractivity contribution is 5.47. The fourth-order valence-corrected chi connectivity index (χ4v) is 1.70. The molecule has 0 atom stereocenters. The number of nitrogens with zero attached hydrogens (tertiary/aromatic N) is 2. The lowest BCUT2D eigenvalue weighted by Crippen LogP contribution is -2.05. The minimum Gasteiger partial charge on any atom is -0.396 e. The lowest BCUT2D eigenvalue weighted by molar-refractivity contribution is 0.288. The van der Waals surface area contributed by atoms with Crippen LogP contribution in [0.1, 0.15) is 12.0 Å². The fraction of sp³-hybridized carbons (Fsp3) is 0.250. The first-order chi connectivity index (χ1) is 8.63. The standard InChI is InChI=1S/C12H13F2N3O/c13-9-3-4-11(10(14)6-9)17-12(15)8(7-16-17)2-1-5-18/h3-4,6-7,18H,1-2,5,15H2. The highest BCUT2D eigenvalue weighted by atomic mass is 19.1. The van der Waals surface area contributed by atoms with E-state index in [0.717, 1.165) is 17.7 Å². The molecular formula is C12H13F2N3O. The summed E-state index contributed by atoms with van der Waals surface area (Å²) in [6.45, 7) is 0.0511. The second-order valence-electron chi connectivity index (χ2n) is 3.89. The summed E-state index contributed by atoms with van der Waals surface area (Å²) in [5, 5.41) is 12.7. The minimum absolute atomic E-state index is 0.0511. The molecule has 1 heterocycles. The van der Waals surface area contributed by atoms with Gasteiger partial charge in [-0.1, -0.05) is 0 Å². The van der Waals surface area contributed by atoms with E-state index in [1.165, 1.54) is 16.9 Å². The normalized spacial score (nSPS) is 10.8. The van der Waals surface area contributed by atoms with Crippen LogP contribution in [0.3, 0.4) is 0 Å². The predicted octanol–water partition coefficient (Wildman–Crippen LogP) is 1.66. The second kappa shape index (κ2) is 5.14. The van der Waals surface area contributed by atoms with Crippen molar-refractivity contribution < 1.29 is 13.9 Å². The number of anilines is 1. The summed E-state index contributed by atoms with van der Waals surface area (Å²) in [6, 6.07) is 3.21. The molecule has 96 valence electrons. The van der Waals surface area contributed by atoms with Crippen LogP contribution in [0.2, 0.25) is 0 Å². The molecule has 0 radical (unpaired) electrons. The monoisotopic (exact) mass is 253 g/mol. The Kier molecular flexibility index (Phi) is 3.57. The molecule has 6 heteroatoms. The van der Waals surface area contributed by atoms with Gasteiger partial charge in [-0.3, -0.25) is 0 Å². The molecule has 0 unspecified atom stereocenters. The van der Waals surface area contributed by atoms with Crippen LogP contribution < -0.4 is 5.73 Å². The molecule has 4 nitrogen and oxygen atoms in total. The number of nitrogens with two attached hydrogens (primary N) is 1. The molecule has 0 spiro atoms. The molecule has 0 aliphatic carbocycles. The van der Waals surface area contributed by atoms with E-state index in [1.807, 2.05) is 0 Å². The van der Waals surface area contributed by atoms with Gasteiger partial charge in [0.25, 0.3) is 0 Å². The Balaban J connectivity index is 2.36.